The average molecular weight is 344 g/mol. The van der Waals surface area contributed by atoms with E-state index >= 15 is 0 Å². The largest absolute Gasteiger partial charge is 0.420 e. The Morgan fingerprint density at radius 1 is 1.19 bits per heavy atom. The first kappa shape index (κ1) is 16.5. The van der Waals surface area contributed by atoms with Crippen molar-refractivity contribution >= 4 is 0 Å². The van der Waals surface area contributed by atoms with Gasteiger partial charge in [-0.3, -0.25) is 4.90 Å². The second kappa shape index (κ2) is 7.11. The van der Waals surface area contributed by atoms with E-state index in [-0.39, 0.29) is 5.92 Å². The van der Waals surface area contributed by atoms with Gasteiger partial charge in [0.2, 0.25) is 11.8 Å². The first-order chi connectivity index (χ1) is 12.7. The Balaban J connectivity index is 1.42. The van der Waals surface area contributed by atoms with Gasteiger partial charge >= 0.3 is 0 Å². The highest BCUT2D eigenvalue weighted by Crippen LogP contribution is 2.29. The molecule has 130 valence electrons. The summed E-state index contributed by atoms with van der Waals surface area (Å²) in [5.74, 6) is 1.56. The molecular weight excluding hydrogens is 324 g/mol. The lowest BCUT2D eigenvalue weighted by Crippen LogP contribution is -2.19. The maximum absolute atomic E-state index is 9.03. The van der Waals surface area contributed by atoms with Crippen molar-refractivity contribution < 1.29 is 4.42 Å². The monoisotopic (exact) mass is 344 g/mol. The van der Waals surface area contributed by atoms with E-state index in [1.54, 1.807) is 0 Å². The van der Waals surface area contributed by atoms with E-state index in [1.165, 1.54) is 5.56 Å². The number of hydrogen-bond donors (Lipinski definition) is 0. The van der Waals surface area contributed by atoms with Gasteiger partial charge in [-0.1, -0.05) is 29.8 Å². The van der Waals surface area contributed by atoms with Gasteiger partial charge in [-0.25, -0.2) is 0 Å². The van der Waals surface area contributed by atoms with Crippen molar-refractivity contribution in [3.63, 3.8) is 0 Å². The van der Waals surface area contributed by atoms with Crippen LogP contribution in [0.25, 0.3) is 11.5 Å². The lowest BCUT2D eigenvalue weighted by molar-refractivity contribution is 0.320. The van der Waals surface area contributed by atoms with Crippen molar-refractivity contribution in [2.24, 2.45) is 0 Å². The average Bonchev–Trinajstić information content (AvgIpc) is 3.32. The summed E-state index contributed by atoms with van der Waals surface area (Å²) in [6, 6.07) is 18.1. The molecule has 3 aromatic rings. The van der Waals surface area contributed by atoms with Crippen molar-refractivity contribution in [2.75, 3.05) is 13.1 Å². The van der Waals surface area contributed by atoms with Crippen LogP contribution in [0.3, 0.4) is 0 Å². The molecule has 2 heterocycles. The Morgan fingerprint density at radius 2 is 2.04 bits per heavy atom. The Morgan fingerprint density at radius 3 is 2.85 bits per heavy atom. The molecule has 1 aliphatic heterocycles. The molecule has 0 amide bonds. The van der Waals surface area contributed by atoms with Gasteiger partial charge in [-0.2, -0.15) is 5.26 Å². The van der Waals surface area contributed by atoms with E-state index in [4.69, 9.17) is 9.68 Å². The van der Waals surface area contributed by atoms with Gasteiger partial charge in [0.05, 0.1) is 17.6 Å². The lowest BCUT2D eigenvalue weighted by Gasteiger charge is -2.15. The van der Waals surface area contributed by atoms with Crippen LogP contribution in [0.4, 0.5) is 0 Å². The Labute approximate surface area is 152 Å². The molecule has 0 saturated carbocycles. The van der Waals surface area contributed by atoms with Crippen molar-refractivity contribution in [3.05, 3.63) is 71.1 Å². The number of nitriles is 1. The van der Waals surface area contributed by atoms with Crippen molar-refractivity contribution in [2.45, 2.75) is 25.8 Å². The molecule has 1 aliphatic rings. The molecule has 0 aliphatic carbocycles. The fraction of sp³-hybridized carbons (Fsp3) is 0.286. The van der Waals surface area contributed by atoms with E-state index in [1.807, 2.05) is 42.5 Å². The molecule has 1 fully saturated rings. The third-order valence-corrected chi connectivity index (χ3v) is 4.82. The normalized spacial score (nSPS) is 17.3. The zero-order valence-electron chi connectivity index (χ0n) is 14.7. The SMILES string of the molecule is Cc1ccc(-c2nnc([C@H]3CCN(Cc4cccc(C#N)c4)C3)o2)cc1. The van der Waals surface area contributed by atoms with E-state index in [2.05, 4.69) is 34.2 Å². The maximum Gasteiger partial charge on any atom is 0.247 e. The molecule has 0 N–H and O–H groups in total. The van der Waals surface area contributed by atoms with Crippen LogP contribution in [0, 0.1) is 18.3 Å². The quantitative estimate of drug-likeness (QED) is 0.718. The Kier molecular flexibility index (Phi) is 4.51. The predicted molar refractivity (Wildman–Crippen MR) is 98.3 cm³/mol. The first-order valence-corrected chi connectivity index (χ1v) is 8.83. The van der Waals surface area contributed by atoms with Gasteiger partial charge in [0.25, 0.3) is 0 Å². The van der Waals surface area contributed by atoms with Gasteiger partial charge in [-0.15, -0.1) is 10.2 Å². The molecule has 0 unspecified atom stereocenters. The molecule has 5 heteroatoms. The zero-order valence-corrected chi connectivity index (χ0v) is 14.7. The third kappa shape index (κ3) is 3.51. The predicted octanol–water partition coefficient (Wildman–Crippen LogP) is 3.91. The molecule has 0 bridgehead atoms. The number of likely N-dealkylation sites (tertiary alicyclic amines) is 1. The van der Waals surface area contributed by atoms with Crippen LogP contribution in [-0.4, -0.2) is 28.2 Å². The fourth-order valence-corrected chi connectivity index (χ4v) is 3.39. The summed E-state index contributed by atoms with van der Waals surface area (Å²) in [6.45, 7) is 4.78. The zero-order chi connectivity index (χ0) is 17.9. The summed E-state index contributed by atoms with van der Waals surface area (Å²) in [7, 11) is 0. The number of aromatic nitrogens is 2. The molecule has 26 heavy (non-hydrogen) atoms. The summed E-state index contributed by atoms with van der Waals surface area (Å²) in [6.07, 6.45) is 1.01. The standard InChI is InChI=1S/C21H20N4O/c1-15-5-7-18(8-6-15)20-23-24-21(26-20)19-9-10-25(14-19)13-17-4-2-3-16(11-17)12-22/h2-8,11,19H,9-10,13-14H2,1H3/t19-/m0/s1. The van der Waals surface area contributed by atoms with Crippen LogP contribution in [0.5, 0.6) is 0 Å². The minimum Gasteiger partial charge on any atom is -0.420 e. The highest BCUT2D eigenvalue weighted by molar-refractivity contribution is 5.52. The molecule has 1 atom stereocenters. The van der Waals surface area contributed by atoms with Gasteiger partial charge < -0.3 is 4.42 Å². The number of benzene rings is 2. The Hall–Kier alpha value is -2.97. The van der Waals surface area contributed by atoms with Gasteiger partial charge in [0.15, 0.2) is 0 Å². The van der Waals surface area contributed by atoms with Crippen LogP contribution in [0.2, 0.25) is 0 Å². The van der Waals surface area contributed by atoms with Gasteiger partial charge in [0, 0.05) is 18.7 Å². The highest BCUT2D eigenvalue weighted by atomic mass is 16.4. The van der Waals surface area contributed by atoms with Crippen molar-refractivity contribution in [1.82, 2.24) is 15.1 Å². The fourth-order valence-electron chi connectivity index (χ4n) is 3.39. The van der Waals surface area contributed by atoms with Crippen LogP contribution >= 0.6 is 0 Å². The molecular formula is C21H20N4O. The number of nitrogens with zero attached hydrogens (tertiary/aromatic N) is 4. The topological polar surface area (TPSA) is 66.0 Å². The molecule has 2 aromatic carbocycles. The van der Waals surface area contributed by atoms with E-state index in [0.29, 0.717) is 17.3 Å². The van der Waals surface area contributed by atoms with Gasteiger partial charge in [0.1, 0.15) is 0 Å². The van der Waals surface area contributed by atoms with Crippen LogP contribution in [0.15, 0.2) is 52.9 Å². The minimum absolute atomic E-state index is 0.265. The second-order valence-electron chi connectivity index (χ2n) is 6.84. The summed E-state index contributed by atoms with van der Waals surface area (Å²) in [4.78, 5) is 2.37. The number of aryl methyl sites for hydroxylation is 1. The lowest BCUT2D eigenvalue weighted by atomic mass is 10.1. The summed E-state index contributed by atoms with van der Waals surface area (Å²) in [5, 5.41) is 17.5. The van der Waals surface area contributed by atoms with Crippen molar-refractivity contribution in [3.8, 4) is 17.5 Å². The number of rotatable bonds is 4. The molecule has 5 nitrogen and oxygen atoms in total. The van der Waals surface area contributed by atoms with Crippen LogP contribution in [0.1, 0.15) is 34.9 Å². The van der Waals surface area contributed by atoms with Crippen LogP contribution < -0.4 is 0 Å². The summed E-state index contributed by atoms with van der Waals surface area (Å²) >= 11 is 0. The van der Waals surface area contributed by atoms with E-state index in [9.17, 15) is 0 Å². The molecule has 1 saturated heterocycles. The highest BCUT2D eigenvalue weighted by Gasteiger charge is 2.28. The Bertz CT molecular complexity index is 939. The van der Waals surface area contributed by atoms with Gasteiger partial charge in [-0.05, 0) is 49.7 Å². The molecule has 1 aromatic heterocycles. The third-order valence-electron chi connectivity index (χ3n) is 4.82. The van der Waals surface area contributed by atoms with E-state index in [0.717, 1.165) is 37.2 Å². The maximum atomic E-state index is 9.03. The molecule has 4 rings (SSSR count). The molecule has 0 radical (unpaired) electrons. The van der Waals surface area contributed by atoms with Crippen LogP contribution in [-0.2, 0) is 6.54 Å². The number of hydrogen-bond acceptors (Lipinski definition) is 5. The molecule has 0 spiro atoms. The smallest absolute Gasteiger partial charge is 0.247 e. The summed E-state index contributed by atoms with van der Waals surface area (Å²) in [5.41, 5.74) is 4.03. The van der Waals surface area contributed by atoms with E-state index < -0.39 is 0 Å². The first-order valence-electron chi connectivity index (χ1n) is 8.83. The van der Waals surface area contributed by atoms with Crippen molar-refractivity contribution in [1.29, 1.82) is 5.26 Å². The second-order valence-corrected chi connectivity index (χ2v) is 6.84. The minimum atomic E-state index is 0.265. The summed E-state index contributed by atoms with van der Waals surface area (Å²) < 4.78 is 5.94.